The molecule has 2 rings (SSSR count). The molecular weight excluding hydrogens is 765 g/mol. The molecule has 0 aliphatic carbocycles. The molecule has 366 valence electrons. The van der Waals surface area contributed by atoms with Gasteiger partial charge < -0.3 is 19.3 Å². The van der Waals surface area contributed by atoms with Gasteiger partial charge in [0.1, 0.15) is 0 Å². The van der Waals surface area contributed by atoms with Crippen molar-refractivity contribution in [3.05, 3.63) is 0 Å². The van der Waals surface area contributed by atoms with Crippen molar-refractivity contribution in [2.75, 3.05) is 26.2 Å². The van der Waals surface area contributed by atoms with E-state index in [2.05, 4.69) is 51.3 Å². The van der Waals surface area contributed by atoms with E-state index in [-0.39, 0.29) is 11.8 Å². The molecule has 2 amide bonds. The highest BCUT2D eigenvalue weighted by molar-refractivity contribution is 5.79. The first-order chi connectivity index (χ1) is 30.4. The zero-order valence-corrected chi connectivity index (χ0v) is 42.7. The van der Waals surface area contributed by atoms with Crippen LogP contribution in [0.15, 0.2) is 0 Å². The minimum absolute atomic E-state index is 0.196. The van der Waals surface area contributed by atoms with Crippen LogP contribution in [-0.2, 0) is 19.1 Å². The molecule has 0 N–H and O–H groups in total. The van der Waals surface area contributed by atoms with Gasteiger partial charge in [0.2, 0.25) is 11.8 Å². The Hall–Kier alpha value is -1.14. The summed E-state index contributed by atoms with van der Waals surface area (Å²) in [5.74, 6) is 1.19. The van der Waals surface area contributed by atoms with Crippen LogP contribution in [0.5, 0.6) is 0 Å². The zero-order chi connectivity index (χ0) is 44.9. The Bertz CT molecular complexity index is 949. The van der Waals surface area contributed by atoms with Gasteiger partial charge in [0.05, 0.1) is 24.4 Å². The van der Waals surface area contributed by atoms with Gasteiger partial charge in [-0.1, -0.05) is 206 Å². The summed E-state index contributed by atoms with van der Waals surface area (Å²) in [4.78, 5) is 31.1. The number of hydrogen-bond acceptors (Lipinski definition) is 4. The first kappa shape index (κ1) is 57.0. The standard InChI is InChI=1S/C56H108N2O4/c1-7-13-15-17-29-37-45-51-53(61-51)47-39-31-23-21-27-35-43-49(55(59)57(9-3)10-4)41-33-25-19-20-26-34-42-50(56(60)58(11-5)12-6)44-36-28-22-24-32-40-48-54-52(62-54)46-38-30-18-16-14-8-2/h49-54H,7-48H2,1-6H3/t49?,50?,51-,52-,53+,54+/m1/s1. The molecule has 0 spiro atoms. The van der Waals surface area contributed by atoms with E-state index in [1.165, 1.54) is 205 Å². The molecule has 2 unspecified atom stereocenters. The maximum atomic E-state index is 13.5. The SMILES string of the molecule is CCCCCCCC[C@H]1O[C@H]1CCCCCCCCC(CCCCCCCCC(CCCCCCCC[C@@H]1O[C@@H]1CCCCCCCC)C(=O)N(CC)CC)C(=O)N(CC)CC. The number of carbonyl (C=O) groups excluding carboxylic acids is 2. The van der Waals surface area contributed by atoms with Crippen molar-refractivity contribution in [3.63, 3.8) is 0 Å². The largest absolute Gasteiger partial charge is 0.370 e. The molecule has 6 nitrogen and oxygen atoms in total. The van der Waals surface area contributed by atoms with Gasteiger partial charge in [-0.3, -0.25) is 9.59 Å². The molecule has 2 saturated heterocycles. The molecule has 0 bridgehead atoms. The molecule has 0 aromatic rings. The third-order valence-corrected chi connectivity index (χ3v) is 14.8. The number of carbonyl (C=O) groups is 2. The quantitative estimate of drug-likeness (QED) is 0.0451. The molecule has 0 radical (unpaired) electrons. The number of amides is 2. The van der Waals surface area contributed by atoms with Gasteiger partial charge in [0, 0.05) is 38.0 Å². The second kappa shape index (κ2) is 39.1. The monoisotopic (exact) mass is 873 g/mol. The molecule has 62 heavy (non-hydrogen) atoms. The number of rotatable bonds is 47. The molecular formula is C56H108N2O4. The second-order valence-corrected chi connectivity index (χ2v) is 20.0. The first-order valence-electron chi connectivity index (χ1n) is 28.3. The summed E-state index contributed by atoms with van der Waals surface area (Å²) in [5.41, 5.74) is 0. The molecule has 0 aromatic heterocycles. The number of unbranched alkanes of at least 4 members (excludes halogenated alkanes) is 25. The average Bonchev–Trinajstić information content (AvgIpc) is 4.22. The lowest BCUT2D eigenvalue weighted by atomic mass is 9.91. The molecule has 2 aliphatic heterocycles. The number of hydrogen-bond donors (Lipinski definition) is 0. The Balaban J connectivity index is 1.54. The van der Waals surface area contributed by atoms with Gasteiger partial charge in [0.25, 0.3) is 0 Å². The molecule has 2 fully saturated rings. The fraction of sp³-hybridized carbons (Fsp3) is 0.964. The lowest BCUT2D eigenvalue weighted by Gasteiger charge is -2.25. The normalized spacial score (nSPS) is 19.1. The summed E-state index contributed by atoms with van der Waals surface area (Å²) >= 11 is 0. The highest BCUT2D eigenvalue weighted by Gasteiger charge is 2.37. The summed E-state index contributed by atoms with van der Waals surface area (Å²) in [6, 6.07) is 0. The van der Waals surface area contributed by atoms with Crippen LogP contribution in [0.4, 0.5) is 0 Å². The average molecular weight is 873 g/mol. The molecule has 2 aliphatic rings. The zero-order valence-electron chi connectivity index (χ0n) is 42.7. The van der Waals surface area contributed by atoms with Crippen molar-refractivity contribution in [1.29, 1.82) is 0 Å². The van der Waals surface area contributed by atoms with E-state index in [1.54, 1.807) is 0 Å². The van der Waals surface area contributed by atoms with E-state index < -0.39 is 0 Å². The Morgan fingerprint density at radius 3 is 0.758 bits per heavy atom. The Kier molecular flexibility index (Phi) is 35.9. The van der Waals surface area contributed by atoms with Crippen molar-refractivity contribution in [3.8, 4) is 0 Å². The molecule has 6 heteroatoms. The number of ether oxygens (including phenoxy) is 2. The van der Waals surface area contributed by atoms with E-state index in [0.29, 0.717) is 36.2 Å². The second-order valence-electron chi connectivity index (χ2n) is 20.0. The van der Waals surface area contributed by atoms with E-state index in [9.17, 15) is 9.59 Å². The lowest BCUT2D eigenvalue weighted by Crippen LogP contribution is -2.36. The summed E-state index contributed by atoms with van der Waals surface area (Å²) in [6.07, 6.45) is 50.8. The van der Waals surface area contributed by atoms with Crippen molar-refractivity contribution < 1.29 is 19.1 Å². The van der Waals surface area contributed by atoms with Crippen LogP contribution >= 0.6 is 0 Å². The molecule has 0 saturated carbocycles. The van der Waals surface area contributed by atoms with Gasteiger partial charge in [0.15, 0.2) is 0 Å². The van der Waals surface area contributed by atoms with Gasteiger partial charge in [-0.2, -0.15) is 0 Å². The predicted octanol–water partition coefficient (Wildman–Crippen LogP) is 16.4. The fourth-order valence-corrected chi connectivity index (χ4v) is 10.4. The van der Waals surface area contributed by atoms with Crippen molar-refractivity contribution in [2.24, 2.45) is 11.8 Å². The molecule has 6 atom stereocenters. The van der Waals surface area contributed by atoms with Crippen molar-refractivity contribution >= 4 is 11.8 Å². The van der Waals surface area contributed by atoms with Crippen molar-refractivity contribution in [2.45, 2.75) is 310 Å². The summed E-state index contributed by atoms with van der Waals surface area (Å²) in [5, 5.41) is 0. The van der Waals surface area contributed by atoms with E-state index in [4.69, 9.17) is 9.47 Å². The van der Waals surface area contributed by atoms with Crippen LogP contribution in [0, 0.1) is 11.8 Å². The summed E-state index contributed by atoms with van der Waals surface area (Å²) < 4.78 is 11.9. The smallest absolute Gasteiger partial charge is 0.225 e. The molecule has 2 heterocycles. The van der Waals surface area contributed by atoms with E-state index in [1.807, 2.05) is 0 Å². The topological polar surface area (TPSA) is 65.7 Å². The van der Waals surface area contributed by atoms with Crippen LogP contribution < -0.4 is 0 Å². The number of epoxide rings is 2. The maximum absolute atomic E-state index is 13.5. The first-order valence-corrected chi connectivity index (χ1v) is 28.3. The van der Waals surface area contributed by atoms with Crippen LogP contribution in [0.2, 0.25) is 0 Å². The van der Waals surface area contributed by atoms with Crippen molar-refractivity contribution in [1.82, 2.24) is 9.80 Å². The third-order valence-electron chi connectivity index (χ3n) is 14.8. The fourth-order valence-electron chi connectivity index (χ4n) is 10.4. The molecule has 0 aromatic carbocycles. The summed E-state index contributed by atoms with van der Waals surface area (Å²) in [6.45, 7) is 16.4. The highest BCUT2D eigenvalue weighted by Crippen LogP contribution is 2.33. The van der Waals surface area contributed by atoms with E-state index in [0.717, 1.165) is 64.7 Å². The van der Waals surface area contributed by atoms with Gasteiger partial charge >= 0.3 is 0 Å². The van der Waals surface area contributed by atoms with Gasteiger partial charge in [-0.15, -0.1) is 0 Å². The van der Waals surface area contributed by atoms with Crippen LogP contribution in [0.1, 0.15) is 286 Å². The Labute approximate surface area is 387 Å². The Morgan fingerprint density at radius 2 is 0.532 bits per heavy atom. The summed E-state index contributed by atoms with van der Waals surface area (Å²) in [7, 11) is 0. The van der Waals surface area contributed by atoms with Crippen LogP contribution in [0.25, 0.3) is 0 Å². The minimum Gasteiger partial charge on any atom is -0.370 e. The minimum atomic E-state index is 0.196. The van der Waals surface area contributed by atoms with Gasteiger partial charge in [-0.05, 0) is 79.1 Å². The predicted molar refractivity (Wildman–Crippen MR) is 267 cm³/mol. The van der Waals surface area contributed by atoms with Gasteiger partial charge in [-0.25, -0.2) is 0 Å². The Morgan fingerprint density at radius 1 is 0.323 bits per heavy atom. The lowest BCUT2D eigenvalue weighted by molar-refractivity contribution is -0.136. The van der Waals surface area contributed by atoms with Crippen LogP contribution in [-0.4, -0.2) is 72.2 Å². The van der Waals surface area contributed by atoms with Crippen LogP contribution in [0.3, 0.4) is 0 Å². The highest BCUT2D eigenvalue weighted by atomic mass is 16.6. The number of nitrogens with zero attached hydrogens (tertiary/aromatic N) is 2. The maximum Gasteiger partial charge on any atom is 0.225 e. The van der Waals surface area contributed by atoms with E-state index >= 15 is 0 Å². The third kappa shape index (κ3) is 28.0.